The Bertz CT molecular complexity index is 310. The van der Waals surface area contributed by atoms with Crippen molar-refractivity contribution >= 4 is 0 Å². The van der Waals surface area contributed by atoms with Crippen LogP contribution in [0.2, 0.25) is 0 Å². The van der Waals surface area contributed by atoms with Gasteiger partial charge in [-0.1, -0.05) is 0 Å². The van der Waals surface area contributed by atoms with Crippen molar-refractivity contribution < 1.29 is 9.15 Å². The number of nitrogens with one attached hydrogen (secondary N) is 1. The van der Waals surface area contributed by atoms with E-state index in [2.05, 4.69) is 10.3 Å². The lowest BCUT2D eigenvalue weighted by Gasteiger charge is -2.08. The minimum absolute atomic E-state index is 0.459. The molecule has 16 heavy (non-hydrogen) atoms. The minimum atomic E-state index is 0.459. The fourth-order valence-corrected chi connectivity index (χ4v) is 1.95. The Morgan fingerprint density at radius 3 is 2.94 bits per heavy atom. The summed E-state index contributed by atoms with van der Waals surface area (Å²) in [6, 6.07) is 0. The van der Waals surface area contributed by atoms with Gasteiger partial charge in [0.2, 0.25) is 5.89 Å². The average Bonchev–Trinajstić information content (AvgIpc) is 2.85. The first kappa shape index (κ1) is 11.6. The van der Waals surface area contributed by atoms with Crippen LogP contribution in [0.3, 0.4) is 0 Å². The number of hydrogen-bond donors (Lipinski definition) is 1. The summed E-state index contributed by atoms with van der Waals surface area (Å²) in [4.78, 5) is 4.32. The Balaban J connectivity index is 1.64. The largest absolute Gasteiger partial charge is 0.444 e. The van der Waals surface area contributed by atoms with E-state index in [-0.39, 0.29) is 0 Å². The average molecular weight is 224 g/mol. The number of aryl methyl sites for hydroxylation is 2. The van der Waals surface area contributed by atoms with Crippen LogP contribution >= 0.6 is 0 Å². The van der Waals surface area contributed by atoms with Crippen LogP contribution in [-0.4, -0.2) is 24.2 Å². The van der Waals surface area contributed by atoms with Gasteiger partial charge in [0.1, 0.15) is 5.76 Å². The molecule has 90 valence electrons. The van der Waals surface area contributed by atoms with Crippen molar-refractivity contribution in [1.82, 2.24) is 10.3 Å². The maximum absolute atomic E-state index is 5.55. The first-order valence-corrected chi connectivity index (χ1v) is 6.01. The molecule has 2 heterocycles. The molecule has 0 spiro atoms. The molecule has 1 saturated heterocycles. The third-order valence-electron chi connectivity index (χ3n) is 3.02. The van der Waals surface area contributed by atoms with Gasteiger partial charge >= 0.3 is 0 Å². The maximum atomic E-state index is 5.55. The standard InChI is InChI=1S/C12H20N2O2/c1-9-10(2)16-12(14-9)8-13-6-5-11-4-3-7-15-11/h11,13H,3-8H2,1-2H3. The lowest BCUT2D eigenvalue weighted by atomic mass is 10.2. The van der Waals surface area contributed by atoms with Crippen molar-refractivity contribution in [3.8, 4) is 0 Å². The van der Waals surface area contributed by atoms with Gasteiger partial charge in [0.05, 0.1) is 18.3 Å². The minimum Gasteiger partial charge on any atom is -0.444 e. The van der Waals surface area contributed by atoms with E-state index < -0.39 is 0 Å². The molecule has 1 atom stereocenters. The molecular weight excluding hydrogens is 204 g/mol. The van der Waals surface area contributed by atoms with Gasteiger partial charge in [0, 0.05) is 6.61 Å². The molecule has 0 saturated carbocycles. The predicted molar refractivity (Wildman–Crippen MR) is 61.3 cm³/mol. The quantitative estimate of drug-likeness (QED) is 0.777. The molecule has 0 aliphatic carbocycles. The van der Waals surface area contributed by atoms with Crippen LogP contribution in [0.15, 0.2) is 4.42 Å². The van der Waals surface area contributed by atoms with Gasteiger partial charge in [0.15, 0.2) is 0 Å². The third-order valence-corrected chi connectivity index (χ3v) is 3.02. The molecule has 1 aliphatic heterocycles. The summed E-state index contributed by atoms with van der Waals surface area (Å²) in [6.45, 7) is 6.52. The Labute approximate surface area is 96.4 Å². The SMILES string of the molecule is Cc1nc(CNCCC2CCCO2)oc1C. The first-order valence-electron chi connectivity index (χ1n) is 6.01. The molecular formula is C12H20N2O2. The van der Waals surface area contributed by atoms with Crippen molar-refractivity contribution in [1.29, 1.82) is 0 Å². The highest BCUT2D eigenvalue weighted by molar-refractivity contribution is 5.05. The topological polar surface area (TPSA) is 47.3 Å². The number of ether oxygens (including phenoxy) is 1. The van der Waals surface area contributed by atoms with Gasteiger partial charge in [-0.25, -0.2) is 4.98 Å². The van der Waals surface area contributed by atoms with Crippen LogP contribution in [0, 0.1) is 13.8 Å². The Morgan fingerprint density at radius 1 is 1.44 bits per heavy atom. The Hall–Kier alpha value is -0.870. The fraction of sp³-hybridized carbons (Fsp3) is 0.750. The maximum Gasteiger partial charge on any atom is 0.208 e. The summed E-state index contributed by atoms with van der Waals surface area (Å²) in [7, 11) is 0. The van der Waals surface area contributed by atoms with E-state index in [9.17, 15) is 0 Å². The van der Waals surface area contributed by atoms with Crippen LogP contribution < -0.4 is 5.32 Å². The number of aromatic nitrogens is 1. The van der Waals surface area contributed by atoms with Crippen LogP contribution in [0.1, 0.15) is 36.6 Å². The summed E-state index contributed by atoms with van der Waals surface area (Å²) >= 11 is 0. The monoisotopic (exact) mass is 224 g/mol. The van der Waals surface area contributed by atoms with Gasteiger partial charge in [-0.05, 0) is 39.7 Å². The van der Waals surface area contributed by atoms with Crippen LogP contribution in [0.25, 0.3) is 0 Å². The molecule has 1 aliphatic rings. The molecule has 1 N–H and O–H groups in total. The van der Waals surface area contributed by atoms with E-state index in [0.717, 1.165) is 36.9 Å². The van der Waals surface area contributed by atoms with Crippen molar-refractivity contribution in [3.63, 3.8) is 0 Å². The molecule has 2 rings (SSSR count). The zero-order chi connectivity index (χ0) is 11.4. The lowest BCUT2D eigenvalue weighted by Crippen LogP contribution is -2.19. The van der Waals surface area contributed by atoms with Gasteiger partial charge in [-0.15, -0.1) is 0 Å². The predicted octanol–water partition coefficient (Wildman–Crippen LogP) is 1.95. The van der Waals surface area contributed by atoms with E-state index in [4.69, 9.17) is 9.15 Å². The van der Waals surface area contributed by atoms with E-state index >= 15 is 0 Å². The van der Waals surface area contributed by atoms with Gasteiger partial charge < -0.3 is 14.5 Å². The molecule has 1 fully saturated rings. The highest BCUT2D eigenvalue weighted by Crippen LogP contribution is 2.14. The third kappa shape index (κ3) is 3.06. The first-order chi connectivity index (χ1) is 7.75. The Morgan fingerprint density at radius 2 is 2.31 bits per heavy atom. The van der Waals surface area contributed by atoms with E-state index in [1.165, 1.54) is 12.8 Å². The zero-order valence-corrected chi connectivity index (χ0v) is 10.1. The van der Waals surface area contributed by atoms with Crippen molar-refractivity contribution in [3.05, 3.63) is 17.3 Å². The highest BCUT2D eigenvalue weighted by atomic mass is 16.5. The fourth-order valence-electron chi connectivity index (χ4n) is 1.95. The molecule has 4 nitrogen and oxygen atoms in total. The molecule has 0 radical (unpaired) electrons. The smallest absolute Gasteiger partial charge is 0.208 e. The van der Waals surface area contributed by atoms with Crippen LogP contribution in [0.5, 0.6) is 0 Å². The number of hydrogen-bond acceptors (Lipinski definition) is 4. The number of oxazole rings is 1. The van der Waals surface area contributed by atoms with Crippen molar-refractivity contribution in [2.45, 2.75) is 45.8 Å². The van der Waals surface area contributed by atoms with Gasteiger partial charge in [0.25, 0.3) is 0 Å². The number of rotatable bonds is 5. The normalized spacial score (nSPS) is 20.5. The molecule has 0 amide bonds. The summed E-state index contributed by atoms with van der Waals surface area (Å²) < 4.78 is 11.0. The molecule has 0 aromatic carbocycles. The van der Waals surface area contributed by atoms with Crippen molar-refractivity contribution in [2.24, 2.45) is 0 Å². The van der Waals surface area contributed by atoms with E-state index in [1.54, 1.807) is 0 Å². The van der Waals surface area contributed by atoms with Gasteiger partial charge in [-0.2, -0.15) is 0 Å². The number of nitrogens with zero attached hydrogens (tertiary/aromatic N) is 1. The summed E-state index contributed by atoms with van der Waals surface area (Å²) in [5.41, 5.74) is 0.982. The molecule has 1 aromatic rings. The second-order valence-corrected chi connectivity index (χ2v) is 4.35. The van der Waals surface area contributed by atoms with Crippen molar-refractivity contribution in [2.75, 3.05) is 13.2 Å². The highest BCUT2D eigenvalue weighted by Gasteiger charge is 2.14. The van der Waals surface area contributed by atoms with Crippen LogP contribution in [0.4, 0.5) is 0 Å². The second kappa shape index (κ2) is 5.46. The molecule has 4 heteroatoms. The molecule has 1 aromatic heterocycles. The molecule has 1 unspecified atom stereocenters. The van der Waals surface area contributed by atoms with E-state index in [0.29, 0.717) is 12.6 Å². The summed E-state index contributed by atoms with van der Waals surface area (Å²) in [5.74, 6) is 1.69. The van der Waals surface area contributed by atoms with E-state index in [1.807, 2.05) is 13.8 Å². The zero-order valence-electron chi connectivity index (χ0n) is 10.1. The summed E-state index contributed by atoms with van der Waals surface area (Å²) in [5, 5.41) is 3.33. The van der Waals surface area contributed by atoms with Gasteiger partial charge in [-0.3, -0.25) is 0 Å². The second-order valence-electron chi connectivity index (χ2n) is 4.35. The lowest BCUT2D eigenvalue weighted by molar-refractivity contribution is 0.104. The Kier molecular flexibility index (Phi) is 3.96. The summed E-state index contributed by atoms with van der Waals surface area (Å²) in [6.07, 6.45) is 3.96. The van der Waals surface area contributed by atoms with Crippen LogP contribution in [-0.2, 0) is 11.3 Å². The molecule has 0 bridgehead atoms.